The summed E-state index contributed by atoms with van der Waals surface area (Å²) in [5.74, 6) is 0.356. The van der Waals surface area contributed by atoms with E-state index in [9.17, 15) is 4.79 Å². The number of aromatic nitrogens is 3. The Morgan fingerprint density at radius 3 is 2.23 bits per heavy atom. The molecule has 1 N–H and O–H groups in total. The standard InChI is InChI=1S/C24H22N4O.C2H6/c1-16-8-4-6-10-19(16)21-14-22(28(3)27-21)18-12-13-23(25-15-18)26-24(29)20-11-7-5-9-17(20)2;1-2/h4-15H,1-3H3,(H,25,26,29);1-2H3. The summed E-state index contributed by atoms with van der Waals surface area (Å²) in [7, 11) is 1.92. The van der Waals surface area contributed by atoms with Gasteiger partial charge in [0.25, 0.3) is 5.91 Å². The second kappa shape index (κ2) is 9.85. The zero-order valence-corrected chi connectivity index (χ0v) is 18.7. The maximum atomic E-state index is 12.5. The number of amides is 1. The lowest BCUT2D eigenvalue weighted by molar-refractivity contribution is 0.102. The van der Waals surface area contributed by atoms with E-state index < -0.39 is 0 Å². The minimum atomic E-state index is -0.161. The van der Waals surface area contributed by atoms with E-state index in [2.05, 4.69) is 40.5 Å². The third kappa shape index (κ3) is 4.89. The van der Waals surface area contributed by atoms with Crippen LogP contribution in [0.5, 0.6) is 0 Å². The van der Waals surface area contributed by atoms with Crippen LogP contribution in [0.25, 0.3) is 22.5 Å². The van der Waals surface area contributed by atoms with E-state index >= 15 is 0 Å². The van der Waals surface area contributed by atoms with E-state index in [0.717, 1.165) is 28.1 Å². The van der Waals surface area contributed by atoms with Gasteiger partial charge in [-0.2, -0.15) is 5.10 Å². The van der Waals surface area contributed by atoms with E-state index in [-0.39, 0.29) is 5.91 Å². The van der Waals surface area contributed by atoms with E-state index in [1.54, 1.807) is 6.20 Å². The molecule has 0 unspecified atom stereocenters. The van der Waals surface area contributed by atoms with Gasteiger partial charge in [0.1, 0.15) is 5.82 Å². The van der Waals surface area contributed by atoms with Gasteiger partial charge in [0.2, 0.25) is 0 Å². The molecular formula is C26H28N4O. The fourth-order valence-corrected chi connectivity index (χ4v) is 3.36. The third-order valence-corrected chi connectivity index (χ3v) is 4.99. The number of rotatable bonds is 4. The molecule has 0 fully saturated rings. The van der Waals surface area contributed by atoms with Crippen LogP contribution < -0.4 is 5.32 Å². The van der Waals surface area contributed by atoms with Crippen LogP contribution in [-0.2, 0) is 7.05 Å². The predicted octanol–water partition coefficient (Wildman–Crippen LogP) is 6.04. The molecule has 2 heterocycles. The quantitative estimate of drug-likeness (QED) is 0.444. The number of carbonyl (C=O) groups excluding carboxylic acids is 1. The lowest BCUT2D eigenvalue weighted by atomic mass is 10.1. The summed E-state index contributed by atoms with van der Waals surface area (Å²) in [6.07, 6.45) is 1.76. The zero-order valence-electron chi connectivity index (χ0n) is 18.7. The molecule has 158 valence electrons. The SMILES string of the molecule is CC.Cc1ccccc1C(=O)Nc1ccc(-c2cc(-c3ccccc3C)nn2C)cn1. The number of aryl methyl sites for hydroxylation is 3. The van der Waals surface area contributed by atoms with Crippen molar-refractivity contribution in [3.8, 4) is 22.5 Å². The molecule has 0 bridgehead atoms. The molecule has 31 heavy (non-hydrogen) atoms. The number of pyridine rings is 1. The lowest BCUT2D eigenvalue weighted by Crippen LogP contribution is -2.14. The van der Waals surface area contributed by atoms with Crippen LogP contribution in [0.3, 0.4) is 0 Å². The van der Waals surface area contributed by atoms with E-state index in [1.807, 2.05) is 81.0 Å². The number of nitrogens with zero attached hydrogens (tertiary/aromatic N) is 3. The normalized spacial score (nSPS) is 10.2. The molecule has 0 radical (unpaired) electrons. The van der Waals surface area contributed by atoms with Crippen molar-refractivity contribution in [2.75, 3.05) is 5.32 Å². The molecule has 5 heteroatoms. The second-order valence-electron chi connectivity index (χ2n) is 7.05. The highest BCUT2D eigenvalue weighted by Crippen LogP contribution is 2.27. The summed E-state index contributed by atoms with van der Waals surface area (Å²) >= 11 is 0. The van der Waals surface area contributed by atoms with Crippen molar-refractivity contribution in [1.82, 2.24) is 14.8 Å². The molecule has 2 aromatic heterocycles. The Morgan fingerprint density at radius 2 is 1.58 bits per heavy atom. The second-order valence-corrected chi connectivity index (χ2v) is 7.05. The maximum Gasteiger partial charge on any atom is 0.257 e. The summed E-state index contributed by atoms with van der Waals surface area (Å²) in [6.45, 7) is 8.00. The van der Waals surface area contributed by atoms with Crippen LogP contribution in [0.15, 0.2) is 72.9 Å². The van der Waals surface area contributed by atoms with Crippen LogP contribution in [-0.4, -0.2) is 20.7 Å². The molecule has 2 aromatic carbocycles. The first-order valence-electron chi connectivity index (χ1n) is 10.5. The van der Waals surface area contributed by atoms with Gasteiger partial charge in [-0.15, -0.1) is 0 Å². The lowest BCUT2D eigenvalue weighted by Gasteiger charge is -2.07. The van der Waals surface area contributed by atoms with Crippen molar-refractivity contribution in [1.29, 1.82) is 0 Å². The number of anilines is 1. The highest BCUT2D eigenvalue weighted by Gasteiger charge is 2.12. The van der Waals surface area contributed by atoms with Gasteiger partial charge >= 0.3 is 0 Å². The van der Waals surface area contributed by atoms with Crippen molar-refractivity contribution in [3.63, 3.8) is 0 Å². The first kappa shape index (κ1) is 22.0. The van der Waals surface area contributed by atoms with Crippen LogP contribution in [0, 0.1) is 13.8 Å². The van der Waals surface area contributed by atoms with Gasteiger partial charge in [0.05, 0.1) is 11.4 Å². The van der Waals surface area contributed by atoms with Gasteiger partial charge in [0.15, 0.2) is 0 Å². The Balaban J connectivity index is 0.00000132. The maximum absolute atomic E-state index is 12.5. The summed E-state index contributed by atoms with van der Waals surface area (Å²) < 4.78 is 1.85. The number of hydrogen-bond donors (Lipinski definition) is 1. The van der Waals surface area contributed by atoms with Crippen LogP contribution in [0.1, 0.15) is 35.3 Å². The van der Waals surface area contributed by atoms with Gasteiger partial charge in [0, 0.05) is 29.9 Å². The molecule has 4 aromatic rings. The summed E-state index contributed by atoms with van der Waals surface area (Å²) in [4.78, 5) is 16.9. The van der Waals surface area contributed by atoms with E-state index in [1.165, 1.54) is 5.56 Å². The Labute approximate surface area is 183 Å². The Morgan fingerprint density at radius 1 is 0.903 bits per heavy atom. The molecule has 0 saturated heterocycles. The molecule has 0 atom stereocenters. The van der Waals surface area contributed by atoms with Gasteiger partial charge in [-0.05, 0) is 49.2 Å². The number of carbonyl (C=O) groups is 1. The molecule has 5 nitrogen and oxygen atoms in total. The molecule has 0 spiro atoms. The van der Waals surface area contributed by atoms with E-state index in [4.69, 9.17) is 0 Å². The minimum Gasteiger partial charge on any atom is -0.307 e. The smallest absolute Gasteiger partial charge is 0.257 e. The Kier molecular flexibility index (Phi) is 6.98. The molecule has 0 aliphatic carbocycles. The van der Waals surface area contributed by atoms with Crippen LogP contribution in [0.4, 0.5) is 5.82 Å². The van der Waals surface area contributed by atoms with Gasteiger partial charge in [-0.3, -0.25) is 9.48 Å². The van der Waals surface area contributed by atoms with Crippen molar-refractivity contribution >= 4 is 11.7 Å². The minimum absolute atomic E-state index is 0.161. The summed E-state index contributed by atoms with van der Waals surface area (Å²) in [5.41, 5.74) is 6.71. The number of nitrogens with one attached hydrogen (secondary N) is 1. The first-order chi connectivity index (χ1) is 15.0. The van der Waals surface area contributed by atoms with Crippen molar-refractivity contribution in [2.45, 2.75) is 27.7 Å². The summed E-state index contributed by atoms with van der Waals surface area (Å²) in [5, 5.41) is 7.52. The van der Waals surface area contributed by atoms with Gasteiger partial charge < -0.3 is 5.32 Å². The van der Waals surface area contributed by atoms with Crippen molar-refractivity contribution in [3.05, 3.63) is 89.6 Å². The average Bonchev–Trinajstić information content (AvgIpc) is 3.17. The monoisotopic (exact) mass is 412 g/mol. The molecular weight excluding hydrogens is 384 g/mol. The zero-order chi connectivity index (χ0) is 22.4. The van der Waals surface area contributed by atoms with Crippen LogP contribution >= 0.6 is 0 Å². The largest absolute Gasteiger partial charge is 0.307 e. The molecule has 0 aliphatic rings. The highest BCUT2D eigenvalue weighted by atomic mass is 16.1. The van der Waals surface area contributed by atoms with Crippen molar-refractivity contribution in [2.24, 2.45) is 7.05 Å². The third-order valence-electron chi connectivity index (χ3n) is 4.99. The first-order valence-corrected chi connectivity index (χ1v) is 10.5. The van der Waals surface area contributed by atoms with E-state index in [0.29, 0.717) is 11.4 Å². The average molecular weight is 413 g/mol. The fraction of sp³-hybridized carbons (Fsp3) is 0.192. The Bertz CT molecular complexity index is 1180. The Hall–Kier alpha value is -3.73. The van der Waals surface area contributed by atoms with Gasteiger partial charge in [-0.25, -0.2) is 4.98 Å². The van der Waals surface area contributed by atoms with Crippen LogP contribution in [0.2, 0.25) is 0 Å². The predicted molar refractivity (Wildman–Crippen MR) is 127 cm³/mol. The topological polar surface area (TPSA) is 59.8 Å². The number of hydrogen-bond acceptors (Lipinski definition) is 3. The number of benzene rings is 2. The van der Waals surface area contributed by atoms with Crippen molar-refractivity contribution < 1.29 is 4.79 Å². The molecule has 0 aliphatic heterocycles. The summed E-state index contributed by atoms with van der Waals surface area (Å²) in [6, 6.07) is 21.5. The fourth-order valence-electron chi connectivity index (χ4n) is 3.36. The molecule has 4 rings (SSSR count). The highest BCUT2D eigenvalue weighted by molar-refractivity contribution is 6.04. The molecule has 0 saturated carbocycles. The molecule has 1 amide bonds. The van der Waals surface area contributed by atoms with Gasteiger partial charge in [-0.1, -0.05) is 56.3 Å².